The van der Waals surface area contributed by atoms with Gasteiger partial charge in [0, 0.05) is 34.7 Å². The van der Waals surface area contributed by atoms with Crippen LogP contribution >= 0.6 is 23.5 Å². The average Bonchev–Trinajstić information content (AvgIpc) is 3.26. The first kappa shape index (κ1) is 16.7. The fourth-order valence-electron chi connectivity index (χ4n) is 5.68. The summed E-state index contributed by atoms with van der Waals surface area (Å²) in [4.78, 5) is 0. The highest BCUT2D eigenvalue weighted by Crippen LogP contribution is 2.42. The van der Waals surface area contributed by atoms with Gasteiger partial charge in [0.15, 0.2) is 0 Å². The molecule has 2 aliphatic carbocycles. The summed E-state index contributed by atoms with van der Waals surface area (Å²) < 4.78 is 0. The Labute approximate surface area is 155 Å². The summed E-state index contributed by atoms with van der Waals surface area (Å²) in [6.45, 7) is 0. The molecule has 3 heterocycles. The molecule has 5 heteroatoms. The predicted molar refractivity (Wildman–Crippen MR) is 106 cm³/mol. The van der Waals surface area contributed by atoms with Crippen molar-refractivity contribution in [1.29, 1.82) is 0 Å². The highest BCUT2D eigenvalue weighted by molar-refractivity contribution is 8.01. The molecule has 0 radical (unpaired) electrons. The number of fused-ring (bicyclic) bond motifs is 2. The van der Waals surface area contributed by atoms with Crippen LogP contribution in [-0.4, -0.2) is 45.4 Å². The van der Waals surface area contributed by atoms with Crippen molar-refractivity contribution in [2.75, 3.05) is 0 Å². The minimum Gasteiger partial charge on any atom is -0.306 e. The van der Waals surface area contributed by atoms with Gasteiger partial charge in [0.05, 0.1) is 10.7 Å². The van der Waals surface area contributed by atoms with E-state index in [1.807, 2.05) is 0 Å². The Morgan fingerprint density at radius 1 is 0.458 bits per heavy atom. The maximum atomic E-state index is 4.09. The third-order valence-electron chi connectivity index (χ3n) is 6.99. The third kappa shape index (κ3) is 3.28. The molecule has 8 atom stereocenters. The molecule has 0 amide bonds. The van der Waals surface area contributed by atoms with E-state index in [0.29, 0.717) is 22.8 Å². The second-order valence-corrected chi connectivity index (χ2v) is 11.4. The number of piperidine rings is 1. The summed E-state index contributed by atoms with van der Waals surface area (Å²) in [6, 6.07) is 2.98. The van der Waals surface area contributed by atoms with E-state index in [9.17, 15) is 0 Å². The molecule has 8 unspecified atom stereocenters. The van der Waals surface area contributed by atoms with E-state index >= 15 is 0 Å². The lowest BCUT2D eigenvalue weighted by Gasteiger charge is -2.37. The van der Waals surface area contributed by atoms with Gasteiger partial charge in [-0.2, -0.15) is 0 Å². The zero-order chi connectivity index (χ0) is 15.9. The number of hydrogen-bond acceptors (Lipinski definition) is 5. The second-order valence-electron chi connectivity index (χ2n) is 8.62. The van der Waals surface area contributed by atoms with Crippen LogP contribution in [0.1, 0.15) is 70.6 Å². The standard InChI is InChI=1S/C19H33N3S2/c1-3-10-16-12(6-1)21-18(23-16)14-8-5-9-15(20-14)19-22-13-7-2-4-11-17(13)24-19/h12-22H,1-11H2. The van der Waals surface area contributed by atoms with Crippen LogP contribution in [0.25, 0.3) is 0 Å². The Morgan fingerprint density at radius 3 is 1.42 bits per heavy atom. The summed E-state index contributed by atoms with van der Waals surface area (Å²) in [6.07, 6.45) is 15.6. The Bertz CT molecular complexity index is 382. The van der Waals surface area contributed by atoms with Crippen LogP contribution in [0, 0.1) is 0 Å². The predicted octanol–water partition coefficient (Wildman–Crippen LogP) is 3.44. The van der Waals surface area contributed by atoms with Crippen LogP contribution < -0.4 is 16.0 Å². The Hall–Kier alpha value is 0.580. The molecule has 3 saturated heterocycles. The summed E-state index contributed by atoms with van der Waals surface area (Å²) in [7, 11) is 0. The molecule has 5 fully saturated rings. The second kappa shape index (κ2) is 7.30. The van der Waals surface area contributed by atoms with Crippen LogP contribution in [0.15, 0.2) is 0 Å². The van der Waals surface area contributed by atoms with Gasteiger partial charge in [-0.3, -0.25) is 0 Å². The highest BCUT2D eigenvalue weighted by atomic mass is 32.2. The third-order valence-corrected chi connectivity index (χ3v) is 10.3. The van der Waals surface area contributed by atoms with Crippen molar-refractivity contribution in [3.63, 3.8) is 0 Å². The van der Waals surface area contributed by atoms with Gasteiger partial charge in [-0.05, 0) is 38.5 Å². The normalized spacial score (nSPS) is 52.0. The van der Waals surface area contributed by atoms with Gasteiger partial charge < -0.3 is 16.0 Å². The van der Waals surface area contributed by atoms with Gasteiger partial charge in [0.1, 0.15) is 0 Å². The van der Waals surface area contributed by atoms with Crippen LogP contribution in [0.3, 0.4) is 0 Å². The van der Waals surface area contributed by atoms with Crippen LogP contribution in [0.4, 0.5) is 0 Å². The van der Waals surface area contributed by atoms with E-state index in [1.54, 1.807) is 0 Å². The quantitative estimate of drug-likeness (QED) is 0.697. The lowest BCUT2D eigenvalue weighted by molar-refractivity contribution is 0.268. The van der Waals surface area contributed by atoms with Gasteiger partial charge >= 0.3 is 0 Å². The summed E-state index contributed by atoms with van der Waals surface area (Å²) in [5.41, 5.74) is 0. The molecular formula is C19H33N3S2. The zero-order valence-electron chi connectivity index (χ0n) is 14.7. The van der Waals surface area contributed by atoms with Gasteiger partial charge in [0.2, 0.25) is 0 Å². The molecular weight excluding hydrogens is 334 g/mol. The van der Waals surface area contributed by atoms with Crippen LogP contribution in [0.2, 0.25) is 0 Å². The fraction of sp³-hybridized carbons (Fsp3) is 1.00. The Morgan fingerprint density at radius 2 is 0.917 bits per heavy atom. The first-order valence-electron chi connectivity index (χ1n) is 10.5. The van der Waals surface area contributed by atoms with Crippen molar-refractivity contribution in [3.05, 3.63) is 0 Å². The van der Waals surface area contributed by atoms with E-state index in [-0.39, 0.29) is 0 Å². The maximum Gasteiger partial charge on any atom is 0.0693 e. The molecule has 0 bridgehead atoms. The first-order valence-corrected chi connectivity index (χ1v) is 12.3. The summed E-state index contributed by atoms with van der Waals surface area (Å²) >= 11 is 4.53. The Balaban J connectivity index is 1.19. The molecule has 2 saturated carbocycles. The van der Waals surface area contributed by atoms with Crippen molar-refractivity contribution in [2.45, 2.75) is 116 Å². The average molecular weight is 368 g/mol. The first-order chi connectivity index (χ1) is 11.9. The van der Waals surface area contributed by atoms with Crippen LogP contribution in [0.5, 0.6) is 0 Å². The van der Waals surface area contributed by atoms with Crippen molar-refractivity contribution in [3.8, 4) is 0 Å². The minimum absolute atomic E-state index is 0.662. The van der Waals surface area contributed by atoms with Gasteiger partial charge in [-0.15, -0.1) is 23.5 Å². The summed E-state index contributed by atoms with van der Waals surface area (Å²) in [5.74, 6) is 0. The number of rotatable bonds is 2. The van der Waals surface area contributed by atoms with E-state index in [4.69, 9.17) is 0 Å². The maximum absolute atomic E-state index is 4.09. The van der Waals surface area contributed by atoms with E-state index in [2.05, 4.69) is 39.5 Å². The van der Waals surface area contributed by atoms with Gasteiger partial charge in [-0.1, -0.05) is 32.1 Å². The number of hydrogen-bond donors (Lipinski definition) is 3. The minimum atomic E-state index is 0.662. The van der Waals surface area contributed by atoms with Crippen molar-refractivity contribution >= 4 is 23.5 Å². The van der Waals surface area contributed by atoms with Gasteiger partial charge in [0.25, 0.3) is 0 Å². The number of thioether (sulfide) groups is 2. The molecule has 3 N–H and O–H groups in total. The largest absolute Gasteiger partial charge is 0.306 e. The van der Waals surface area contributed by atoms with Crippen molar-refractivity contribution < 1.29 is 0 Å². The molecule has 0 aromatic carbocycles. The van der Waals surface area contributed by atoms with E-state index < -0.39 is 0 Å². The molecule has 3 nitrogen and oxygen atoms in total. The zero-order valence-corrected chi connectivity index (χ0v) is 16.3. The molecule has 136 valence electrons. The smallest absolute Gasteiger partial charge is 0.0693 e. The Kier molecular flexibility index (Phi) is 5.09. The lowest BCUT2D eigenvalue weighted by Crippen LogP contribution is -2.56. The molecule has 5 aliphatic rings. The number of nitrogens with one attached hydrogen (secondary N) is 3. The molecule has 0 spiro atoms. The molecule has 5 rings (SSSR count). The topological polar surface area (TPSA) is 36.1 Å². The van der Waals surface area contributed by atoms with Gasteiger partial charge in [-0.25, -0.2) is 0 Å². The van der Waals surface area contributed by atoms with Crippen molar-refractivity contribution in [2.24, 2.45) is 0 Å². The molecule has 3 aliphatic heterocycles. The summed E-state index contributed by atoms with van der Waals surface area (Å²) in [5, 5.41) is 15.2. The van der Waals surface area contributed by atoms with E-state index in [1.165, 1.54) is 70.6 Å². The van der Waals surface area contributed by atoms with Crippen molar-refractivity contribution in [1.82, 2.24) is 16.0 Å². The lowest BCUT2D eigenvalue weighted by atomic mass is 9.93. The molecule has 0 aromatic heterocycles. The molecule has 24 heavy (non-hydrogen) atoms. The van der Waals surface area contributed by atoms with E-state index in [0.717, 1.165) is 22.6 Å². The monoisotopic (exact) mass is 367 g/mol. The highest BCUT2D eigenvalue weighted by Gasteiger charge is 2.44. The fourth-order valence-corrected chi connectivity index (χ4v) is 9.16. The SMILES string of the molecule is C1CCC2SC(C3CCCC(C4NC5CCCCC5S4)N3)NC2C1. The molecule has 0 aromatic rings. The van der Waals surface area contributed by atoms with Crippen LogP contribution in [-0.2, 0) is 0 Å².